The van der Waals surface area contributed by atoms with Crippen molar-refractivity contribution in [2.24, 2.45) is 12.8 Å². The first-order chi connectivity index (χ1) is 5.65. The average Bonchev–Trinajstić information content (AvgIpc) is 2.00. The van der Waals surface area contributed by atoms with Crippen LogP contribution in [-0.4, -0.2) is 16.1 Å². The average molecular weight is 169 g/mol. The molecular weight excluding hydrogens is 158 g/mol. The highest BCUT2D eigenvalue weighted by molar-refractivity contribution is 5.01. The third-order valence-corrected chi connectivity index (χ3v) is 1.66. The number of H-pyrrole nitrogens is 1. The largest absolute Gasteiger partial charge is 0.330 e. The SMILES string of the molecule is Cn1c(CCN)cc(=O)[nH]c1=O. The van der Waals surface area contributed by atoms with E-state index in [0.29, 0.717) is 18.7 Å². The lowest BCUT2D eigenvalue weighted by atomic mass is 10.3. The van der Waals surface area contributed by atoms with Gasteiger partial charge in [-0.2, -0.15) is 0 Å². The van der Waals surface area contributed by atoms with Crippen LogP contribution in [0.3, 0.4) is 0 Å². The highest BCUT2D eigenvalue weighted by atomic mass is 16.2. The van der Waals surface area contributed by atoms with Gasteiger partial charge in [-0.05, 0) is 6.54 Å². The van der Waals surface area contributed by atoms with Crippen molar-refractivity contribution in [3.05, 3.63) is 32.6 Å². The number of aromatic amines is 1. The summed E-state index contributed by atoms with van der Waals surface area (Å²) in [4.78, 5) is 24.0. The molecule has 0 saturated carbocycles. The summed E-state index contributed by atoms with van der Waals surface area (Å²) in [5, 5.41) is 0. The fraction of sp³-hybridized carbons (Fsp3) is 0.429. The Morgan fingerprint density at radius 2 is 2.25 bits per heavy atom. The van der Waals surface area contributed by atoms with Crippen LogP contribution < -0.4 is 17.0 Å². The first kappa shape index (κ1) is 8.73. The quantitative estimate of drug-likeness (QED) is 0.569. The number of nitrogens with one attached hydrogen (secondary N) is 1. The summed E-state index contributed by atoms with van der Waals surface area (Å²) < 4.78 is 1.38. The molecule has 0 aliphatic carbocycles. The maximum absolute atomic E-state index is 11.0. The van der Waals surface area contributed by atoms with Crippen molar-refractivity contribution >= 4 is 0 Å². The molecule has 1 rings (SSSR count). The number of hydrogen-bond acceptors (Lipinski definition) is 3. The van der Waals surface area contributed by atoms with Crippen LogP contribution in [0.1, 0.15) is 5.69 Å². The Labute approximate surface area is 68.8 Å². The molecule has 12 heavy (non-hydrogen) atoms. The van der Waals surface area contributed by atoms with Gasteiger partial charge >= 0.3 is 5.69 Å². The van der Waals surface area contributed by atoms with Gasteiger partial charge in [0.25, 0.3) is 5.56 Å². The van der Waals surface area contributed by atoms with Crippen LogP contribution in [0.15, 0.2) is 15.7 Å². The van der Waals surface area contributed by atoms with E-state index < -0.39 is 5.69 Å². The normalized spacial score (nSPS) is 10.2. The smallest absolute Gasteiger partial charge is 0.328 e. The molecule has 0 atom stereocenters. The second kappa shape index (κ2) is 3.36. The minimum atomic E-state index is -0.397. The van der Waals surface area contributed by atoms with Gasteiger partial charge in [-0.15, -0.1) is 0 Å². The predicted molar refractivity (Wildman–Crippen MR) is 45.1 cm³/mol. The van der Waals surface area contributed by atoms with Gasteiger partial charge in [0.05, 0.1) is 0 Å². The summed E-state index contributed by atoms with van der Waals surface area (Å²) in [5.41, 5.74) is 5.19. The van der Waals surface area contributed by atoms with Crippen LogP contribution in [-0.2, 0) is 13.5 Å². The van der Waals surface area contributed by atoms with Crippen LogP contribution in [0, 0.1) is 0 Å². The minimum Gasteiger partial charge on any atom is -0.330 e. The Morgan fingerprint density at radius 3 is 2.83 bits per heavy atom. The molecule has 1 aromatic heterocycles. The third-order valence-electron chi connectivity index (χ3n) is 1.66. The first-order valence-electron chi connectivity index (χ1n) is 3.64. The van der Waals surface area contributed by atoms with Crippen LogP contribution >= 0.6 is 0 Å². The Hall–Kier alpha value is -1.36. The zero-order valence-corrected chi connectivity index (χ0v) is 6.83. The number of hydrogen-bond donors (Lipinski definition) is 2. The van der Waals surface area contributed by atoms with Gasteiger partial charge < -0.3 is 10.3 Å². The summed E-state index contributed by atoms with van der Waals surface area (Å²) in [7, 11) is 1.60. The fourth-order valence-corrected chi connectivity index (χ4v) is 0.992. The second-order valence-corrected chi connectivity index (χ2v) is 2.53. The maximum Gasteiger partial charge on any atom is 0.328 e. The van der Waals surface area contributed by atoms with Crippen LogP contribution in [0.2, 0.25) is 0 Å². The highest BCUT2D eigenvalue weighted by Crippen LogP contribution is 1.88. The van der Waals surface area contributed by atoms with Gasteiger partial charge in [0.2, 0.25) is 0 Å². The molecule has 0 aliphatic rings. The molecule has 1 heterocycles. The van der Waals surface area contributed by atoms with Gasteiger partial charge in [0, 0.05) is 25.2 Å². The fourth-order valence-electron chi connectivity index (χ4n) is 0.992. The number of nitrogens with two attached hydrogens (primary N) is 1. The zero-order chi connectivity index (χ0) is 9.14. The Morgan fingerprint density at radius 1 is 1.58 bits per heavy atom. The van der Waals surface area contributed by atoms with E-state index in [9.17, 15) is 9.59 Å². The van der Waals surface area contributed by atoms with Crippen molar-refractivity contribution in [1.29, 1.82) is 0 Å². The molecule has 0 amide bonds. The van der Waals surface area contributed by atoms with Crippen LogP contribution in [0.4, 0.5) is 0 Å². The molecule has 0 saturated heterocycles. The molecule has 0 spiro atoms. The summed E-state index contributed by atoms with van der Waals surface area (Å²) >= 11 is 0. The number of rotatable bonds is 2. The predicted octanol–water partition coefficient (Wildman–Crippen LogP) is -1.43. The minimum absolute atomic E-state index is 0.374. The van der Waals surface area contributed by atoms with Crippen LogP contribution in [0.25, 0.3) is 0 Å². The lowest BCUT2D eigenvalue weighted by Crippen LogP contribution is -2.30. The van der Waals surface area contributed by atoms with E-state index in [1.807, 2.05) is 0 Å². The lowest BCUT2D eigenvalue weighted by Gasteiger charge is -2.03. The topological polar surface area (TPSA) is 80.9 Å². The van der Waals surface area contributed by atoms with Crippen molar-refractivity contribution in [2.75, 3.05) is 6.54 Å². The first-order valence-corrected chi connectivity index (χ1v) is 3.64. The molecule has 0 bridgehead atoms. The summed E-state index contributed by atoms with van der Waals surface area (Å²) in [5.74, 6) is 0. The van der Waals surface area contributed by atoms with E-state index in [1.54, 1.807) is 7.05 Å². The van der Waals surface area contributed by atoms with Crippen molar-refractivity contribution in [2.45, 2.75) is 6.42 Å². The van der Waals surface area contributed by atoms with E-state index in [4.69, 9.17) is 5.73 Å². The van der Waals surface area contributed by atoms with Crippen molar-refractivity contribution in [3.8, 4) is 0 Å². The molecule has 1 aromatic rings. The summed E-state index contributed by atoms with van der Waals surface area (Å²) in [6.45, 7) is 0.427. The van der Waals surface area contributed by atoms with E-state index in [1.165, 1.54) is 10.6 Å². The van der Waals surface area contributed by atoms with Gasteiger partial charge in [0.15, 0.2) is 0 Å². The highest BCUT2D eigenvalue weighted by Gasteiger charge is 1.99. The second-order valence-electron chi connectivity index (χ2n) is 2.53. The summed E-state index contributed by atoms with van der Waals surface area (Å²) in [6.07, 6.45) is 0.537. The summed E-state index contributed by atoms with van der Waals surface area (Å²) in [6, 6.07) is 1.38. The monoisotopic (exact) mass is 169 g/mol. The Bertz CT molecular complexity index is 377. The molecule has 0 unspecified atom stereocenters. The molecule has 0 radical (unpaired) electrons. The third kappa shape index (κ3) is 1.62. The van der Waals surface area contributed by atoms with Gasteiger partial charge in [-0.1, -0.05) is 0 Å². The van der Waals surface area contributed by atoms with E-state index >= 15 is 0 Å². The van der Waals surface area contributed by atoms with Gasteiger partial charge in [-0.3, -0.25) is 9.78 Å². The number of aromatic nitrogens is 2. The molecular formula is C7H11N3O2. The number of nitrogens with zero attached hydrogens (tertiary/aromatic N) is 1. The van der Waals surface area contributed by atoms with E-state index in [-0.39, 0.29) is 5.56 Å². The molecule has 3 N–H and O–H groups in total. The van der Waals surface area contributed by atoms with Gasteiger partial charge in [-0.25, -0.2) is 4.79 Å². The molecule has 66 valence electrons. The Balaban J connectivity index is 3.28. The van der Waals surface area contributed by atoms with E-state index in [2.05, 4.69) is 4.98 Å². The molecule has 0 fully saturated rings. The van der Waals surface area contributed by atoms with Crippen LogP contribution in [0.5, 0.6) is 0 Å². The van der Waals surface area contributed by atoms with Gasteiger partial charge in [0.1, 0.15) is 0 Å². The molecule has 0 aromatic carbocycles. The van der Waals surface area contributed by atoms with Crippen molar-refractivity contribution in [1.82, 2.24) is 9.55 Å². The lowest BCUT2D eigenvalue weighted by molar-refractivity contribution is 0.723. The molecule has 0 aliphatic heterocycles. The molecule has 5 nitrogen and oxygen atoms in total. The Kier molecular flexibility index (Phi) is 2.44. The zero-order valence-electron chi connectivity index (χ0n) is 6.83. The molecule has 5 heteroatoms. The van der Waals surface area contributed by atoms with Crippen molar-refractivity contribution in [3.63, 3.8) is 0 Å². The maximum atomic E-state index is 11.0. The standard InChI is InChI=1S/C7H11N3O2/c1-10-5(2-3-8)4-6(11)9-7(10)12/h4H,2-3,8H2,1H3,(H,9,11,12). The van der Waals surface area contributed by atoms with Crippen molar-refractivity contribution < 1.29 is 0 Å². The van der Waals surface area contributed by atoms with E-state index in [0.717, 1.165) is 0 Å².